The van der Waals surface area contributed by atoms with Gasteiger partial charge in [-0.3, -0.25) is 4.79 Å². The van der Waals surface area contributed by atoms with E-state index in [4.69, 9.17) is 5.11 Å². The molecule has 1 aromatic carbocycles. The molecule has 100 valence electrons. The predicted octanol–water partition coefficient (Wildman–Crippen LogP) is 2.87. The third kappa shape index (κ3) is 3.68. The SMILES string of the molecule is CCN(c1ccccc1)c1nnc(SCC(=O)O)s1. The summed E-state index contributed by atoms with van der Waals surface area (Å²) in [6, 6.07) is 9.92. The summed E-state index contributed by atoms with van der Waals surface area (Å²) in [6.07, 6.45) is 0. The maximum Gasteiger partial charge on any atom is 0.313 e. The fourth-order valence-electron chi connectivity index (χ4n) is 1.53. The van der Waals surface area contributed by atoms with E-state index in [0.29, 0.717) is 4.34 Å². The zero-order chi connectivity index (χ0) is 13.7. The van der Waals surface area contributed by atoms with E-state index in [1.807, 2.05) is 42.2 Å². The van der Waals surface area contributed by atoms with Gasteiger partial charge >= 0.3 is 5.97 Å². The second kappa shape index (κ2) is 6.53. The minimum Gasteiger partial charge on any atom is -0.481 e. The number of rotatable bonds is 6. The van der Waals surface area contributed by atoms with E-state index in [1.54, 1.807) is 0 Å². The molecule has 0 aliphatic heterocycles. The van der Waals surface area contributed by atoms with Crippen molar-refractivity contribution in [1.29, 1.82) is 0 Å². The third-order valence-electron chi connectivity index (χ3n) is 2.33. The molecule has 7 heteroatoms. The third-order valence-corrected chi connectivity index (χ3v) is 4.39. The first-order valence-corrected chi connectivity index (χ1v) is 7.51. The Kier molecular flexibility index (Phi) is 4.75. The summed E-state index contributed by atoms with van der Waals surface area (Å²) in [6.45, 7) is 2.82. The Morgan fingerprint density at radius 2 is 2.11 bits per heavy atom. The molecule has 1 aromatic heterocycles. The number of carboxylic acids is 1. The summed E-state index contributed by atoms with van der Waals surface area (Å²) < 4.78 is 0.673. The van der Waals surface area contributed by atoms with Gasteiger partial charge in [0, 0.05) is 12.2 Å². The molecule has 2 aromatic rings. The number of hydrogen-bond acceptors (Lipinski definition) is 6. The minimum absolute atomic E-state index is 0.00605. The van der Waals surface area contributed by atoms with Crippen LogP contribution < -0.4 is 4.90 Å². The summed E-state index contributed by atoms with van der Waals surface area (Å²) in [5, 5.41) is 17.6. The molecule has 0 radical (unpaired) electrons. The van der Waals surface area contributed by atoms with Crippen LogP contribution in [0.3, 0.4) is 0 Å². The van der Waals surface area contributed by atoms with Crippen LogP contribution in [0.4, 0.5) is 10.8 Å². The molecule has 1 N–H and O–H groups in total. The van der Waals surface area contributed by atoms with Gasteiger partial charge in [0.15, 0.2) is 4.34 Å². The summed E-state index contributed by atoms with van der Waals surface area (Å²) in [5.41, 5.74) is 1.05. The van der Waals surface area contributed by atoms with Gasteiger partial charge in [-0.1, -0.05) is 41.3 Å². The van der Waals surface area contributed by atoms with Crippen molar-refractivity contribution in [2.45, 2.75) is 11.3 Å². The van der Waals surface area contributed by atoms with E-state index in [1.165, 1.54) is 23.1 Å². The predicted molar refractivity (Wildman–Crippen MR) is 77.4 cm³/mol. The van der Waals surface area contributed by atoms with Gasteiger partial charge in [-0.15, -0.1) is 10.2 Å². The molecule has 0 unspecified atom stereocenters. The Balaban J connectivity index is 2.14. The van der Waals surface area contributed by atoms with E-state index in [2.05, 4.69) is 10.2 Å². The van der Waals surface area contributed by atoms with Gasteiger partial charge < -0.3 is 10.0 Å². The summed E-state index contributed by atoms with van der Waals surface area (Å²) in [5.74, 6) is -0.844. The molecule has 2 rings (SSSR count). The van der Waals surface area contributed by atoms with E-state index < -0.39 is 5.97 Å². The Bertz CT molecular complexity index is 545. The average molecular weight is 295 g/mol. The standard InChI is InChI=1S/C12H13N3O2S2/c1-2-15(9-6-4-3-5-7-9)11-13-14-12(19-11)18-8-10(16)17/h3-7H,2,8H2,1H3,(H,16,17). The molecule has 0 saturated carbocycles. The zero-order valence-corrected chi connectivity index (χ0v) is 11.9. The fraction of sp³-hybridized carbons (Fsp3) is 0.250. The van der Waals surface area contributed by atoms with Crippen molar-refractivity contribution in [1.82, 2.24) is 10.2 Å². The highest BCUT2D eigenvalue weighted by atomic mass is 32.2. The summed E-state index contributed by atoms with van der Waals surface area (Å²) in [4.78, 5) is 12.6. The van der Waals surface area contributed by atoms with Crippen molar-refractivity contribution < 1.29 is 9.90 Å². The smallest absolute Gasteiger partial charge is 0.313 e. The van der Waals surface area contributed by atoms with Crippen LogP contribution >= 0.6 is 23.1 Å². The van der Waals surface area contributed by atoms with E-state index in [-0.39, 0.29) is 5.75 Å². The molecular weight excluding hydrogens is 282 g/mol. The lowest BCUT2D eigenvalue weighted by atomic mass is 10.3. The summed E-state index contributed by atoms with van der Waals surface area (Å²) in [7, 11) is 0. The number of hydrogen-bond donors (Lipinski definition) is 1. The van der Waals surface area contributed by atoms with E-state index >= 15 is 0 Å². The fourth-order valence-corrected chi connectivity index (χ4v) is 3.18. The Labute approximate surface area is 119 Å². The lowest BCUT2D eigenvalue weighted by molar-refractivity contribution is -0.133. The van der Waals surface area contributed by atoms with Crippen molar-refractivity contribution in [2.75, 3.05) is 17.2 Å². The first-order valence-electron chi connectivity index (χ1n) is 5.71. The first kappa shape index (κ1) is 13.8. The van der Waals surface area contributed by atoms with Crippen LogP contribution in [0, 0.1) is 0 Å². The second-order valence-electron chi connectivity index (χ2n) is 3.61. The first-order chi connectivity index (χ1) is 9.20. The molecule has 1 heterocycles. The number of carbonyl (C=O) groups is 1. The molecule has 0 bridgehead atoms. The molecule has 19 heavy (non-hydrogen) atoms. The number of benzene rings is 1. The second-order valence-corrected chi connectivity index (χ2v) is 5.79. The molecule has 0 saturated heterocycles. The molecule has 0 aliphatic rings. The van der Waals surface area contributed by atoms with Crippen LogP contribution in [0.5, 0.6) is 0 Å². The van der Waals surface area contributed by atoms with E-state index in [0.717, 1.165) is 17.4 Å². The van der Waals surface area contributed by atoms with E-state index in [9.17, 15) is 4.79 Å². The number of anilines is 2. The molecule has 0 spiro atoms. The summed E-state index contributed by atoms with van der Waals surface area (Å²) >= 11 is 2.60. The van der Waals surface area contributed by atoms with Gasteiger partial charge in [-0.05, 0) is 19.1 Å². The van der Waals surface area contributed by atoms with Crippen LogP contribution in [0.2, 0.25) is 0 Å². The Hall–Kier alpha value is -1.60. The number of nitrogens with zero attached hydrogens (tertiary/aromatic N) is 3. The van der Waals surface area contributed by atoms with Gasteiger partial charge in [0.25, 0.3) is 0 Å². The maximum atomic E-state index is 10.5. The van der Waals surface area contributed by atoms with Crippen LogP contribution in [-0.2, 0) is 4.79 Å². The number of carboxylic acid groups (broad SMARTS) is 1. The lowest BCUT2D eigenvalue weighted by Gasteiger charge is -2.18. The topological polar surface area (TPSA) is 66.3 Å². The Morgan fingerprint density at radius 3 is 2.74 bits per heavy atom. The number of para-hydroxylation sites is 1. The molecular formula is C12H13N3O2S2. The van der Waals surface area contributed by atoms with Crippen LogP contribution in [0.25, 0.3) is 0 Å². The van der Waals surface area contributed by atoms with Crippen LogP contribution in [-0.4, -0.2) is 33.6 Å². The highest BCUT2D eigenvalue weighted by molar-refractivity contribution is 8.01. The quantitative estimate of drug-likeness (QED) is 0.827. The van der Waals surface area contributed by atoms with Gasteiger partial charge in [0.1, 0.15) is 0 Å². The largest absolute Gasteiger partial charge is 0.481 e. The number of aromatic nitrogens is 2. The normalized spacial score (nSPS) is 10.4. The van der Waals surface area contributed by atoms with Gasteiger partial charge in [0.2, 0.25) is 5.13 Å². The highest BCUT2D eigenvalue weighted by Crippen LogP contribution is 2.31. The Morgan fingerprint density at radius 1 is 1.37 bits per heavy atom. The molecule has 0 amide bonds. The monoisotopic (exact) mass is 295 g/mol. The zero-order valence-electron chi connectivity index (χ0n) is 10.3. The molecule has 5 nitrogen and oxygen atoms in total. The van der Waals surface area contributed by atoms with Crippen molar-refractivity contribution >= 4 is 39.9 Å². The lowest BCUT2D eigenvalue weighted by Crippen LogP contribution is -2.15. The van der Waals surface area contributed by atoms with Crippen molar-refractivity contribution in [3.8, 4) is 0 Å². The van der Waals surface area contributed by atoms with Crippen molar-refractivity contribution in [3.63, 3.8) is 0 Å². The van der Waals surface area contributed by atoms with Gasteiger partial charge in [0.05, 0.1) is 5.75 Å². The van der Waals surface area contributed by atoms with Crippen molar-refractivity contribution in [2.24, 2.45) is 0 Å². The molecule has 0 fully saturated rings. The van der Waals surface area contributed by atoms with Crippen molar-refractivity contribution in [3.05, 3.63) is 30.3 Å². The molecule has 0 atom stereocenters. The van der Waals surface area contributed by atoms with Crippen LogP contribution in [0.1, 0.15) is 6.92 Å². The maximum absolute atomic E-state index is 10.5. The number of aliphatic carboxylic acids is 1. The van der Waals surface area contributed by atoms with Gasteiger partial charge in [-0.2, -0.15) is 0 Å². The number of thioether (sulfide) groups is 1. The average Bonchev–Trinajstić information content (AvgIpc) is 2.87. The van der Waals surface area contributed by atoms with Crippen LogP contribution in [0.15, 0.2) is 34.7 Å². The highest BCUT2D eigenvalue weighted by Gasteiger charge is 2.13. The minimum atomic E-state index is -0.850. The van der Waals surface area contributed by atoms with Gasteiger partial charge in [-0.25, -0.2) is 0 Å². The molecule has 0 aliphatic carbocycles.